The van der Waals surface area contributed by atoms with Gasteiger partial charge in [-0.1, -0.05) is 44.9 Å². The number of hydrogen-bond acceptors (Lipinski definition) is 2. The summed E-state index contributed by atoms with van der Waals surface area (Å²) in [6.07, 6.45) is 13.7. The highest BCUT2D eigenvalue weighted by molar-refractivity contribution is 4.93. The van der Waals surface area contributed by atoms with E-state index in [1.807, 2.05) is 0 Å². The van der Waals surface area contributed by atoms with E-state index in [1.54, 1.807) is 7.11 Å². The maximum absolute atomic E-state index is 11.1. The third kappa shape index (κ3) is 3.48. The van der Waals surface area contributed by atoms with Crippen molar-refractivity contribution in [2.24, 2.45) is 11.8 Å². The van der Waals surface area contributed by atoms with Crippen molar-refractivity contribution in [3.8, 4) is 0 Å². The average Bonchev–Trinajstić information content (AvgIpc) is 2.40. The Labute approximate surface area is 112 Å². The molecule has 2 atom stereocenters. The van der Waals surface area contributed by atoms with E-state index in [9.17, 15) is 5.11 Å². The van der Waals surface area contributed by atoms with Crippen molar-refractivity contribution in [1.29, 1.82) is 0 Å². The lowest BCUT2D eigenvalue weighted by atomic mass is 9.64. The Hall–Kier alpha value is -0.0800. The molecule has 0 heterocycles. The van der Waals surface area contributed by atoms with E-state index in [0.29, 0.717) is 5.92 Å². The summed E-state index contributed by atoms with van der Waals surface area (Å²) in [5.74, 6) is 1.37. The lowest BCUT2D eigenvalue weighted by Crippen LogP contribution is -2.45. The van der Waals surface area contributed by atoms with Crippen LogP contribution in [0.25, 0.3) is 0 Å². The van der Waals surface area contributed by atoms with Crippen LogP contribution in [0, 0.1) is 11.8 Å². The zero-order chi connectivity index (χ0) is 12.8. The Kier molecular flexibility index (Phi) is 5.50. The monoisotopic (exact) mass is 254 g/mol. The minimum atomic E-state index is -0.376. The highest BCUT2D eigenvalue weighted by atomic mass is 16.5. The molecule has 0 aliphatic heterocycles. The molecule has 0 amide bonds. The highest BCUT2D eigenvalue weighted by Gasteiger charge is 2.42. The van der Waals surface area contributed by atoms with Gasteiger partial charge in [0.05, 0.1) is 5.60 Å². The molecule has 2 aliphatic rings. The van der Waals surface area contributed by atoms with Gasteiger partial charge in [-0.2, -0.15) is 0 Å². The van der Waals surface area contributed by atoms with Crippen molar-refractivity contribution in [2.45, 2.75) is 76.2 Å². The van der Waals surface area contributed by atoms with Gasteiger partial charge in [-0.05, 0) is 37.5 Å². The van der Waals surface area contributed by atoms with Gasteiger partial charge in [0.15, 0.2) is 0 Å². The standard InChI is InChI=1S/C16H30O2/c1-18-13-7-12-16(17)11-6-5-10-15(16)14-8-3-2-4-9-14/h14-15,17H,2-13H2,1H3. The van der Waals surface area contributed by atoms with Crippen LogP contribution in [-0.2, 0) is 4.74 Å². The van der Waals surface area contributed by atoms with E-state index in [-0.39, 0.29) is 5.60 Å². The van der Waals surface area contributed by atoms with Crippen LogP contribution in [0.1, 0.15) is 70.6 Å². The summed E-state index contributed by atoms with van der Waals surface area (Å²) >= 11 is 0. The highest BCUT2D eigenvalue weighted by Crippen LogP contribution is 2.45. The molecule has 1 N–H and O–H groups in total. The van der Waals surface area contributed by atoms with Gasteiger partial charge in [0, 0.05) is 13.7 Å². The smallest absolute Gasteiger partial charge is 0.0679 e. The molecule has 2 unspecified atom stereocenters. The van der Waals surface area contributed by atoms with E-state index in [1.165, 1.54) is 51.4 Å². The van der Waals surface area contributed by atoms with Crippen LogP contribution in [0.5, 0.6) is 0 Å². The first kappa shape index (κ1) is 14.3. The lowest BCUT2D eigenvalue weighted by Gasteiger charge is -2.45. The molecule has 18 heavy (non-hydrogen) atoms. The van der Waals surface area contributed by atoms with E-state index in [2.05, 4.69) is 0 Å². The van der Waals surface area contributed by atoms with E-state index >= 15 is 0 Å². The Morgan fingerprint density at radius 3 is 2.50 bits per heavy atom. The van der Waals surface area contributed by atoms with Gasteiger partial charge in [-0.15, -0.1) is 0 Å². The Morgan fingerprint density at radius 2 is 1.78 bits per heavy atom. The summed E-state index contributed by atoms with van der Waals surface area (Å²) in [7, 11) is 1.75. The van der Waals surface area contributed by atoms with Crippen molar-refractivity contribution in [2.75, 3.05) is 13.7 Å². The maximum atomic E-state index is 11.1. The van der Waals surface area contributed by atoms with Crippen LogP contribution in [-0.4, -0.2) is 24.4 Å². The fourth-order valence-corrected chi connectivity index (χ4v) is 4.29. The second-order valence-electron chi connectivity index (χ2n) is 6.45. The van der Waals surface area contributed by atoms with Gasteiger partial charge in [0.2, 0.25) is 0 Å². The number of hydrogen-bond donors (Lipinski definition) is 1. The number of rotatable bonds is 5. The Morgan fingerprint density at radius 1 is 1.06 bits per heavy atom. The summed E-state index contributed by atoms with van der Waals surface area (Å²) in [6.45, 7) is 0.791. The average molecular weight is 254 g/mol. The number of aliphatic hydroxyl groups is 1. The summed E-state index contributed by atoms with van der Waals surface area (Å²) in [5.41, 5.74) is -0.376. The van der Waals surface area contributed by atoms with Crippen LogP contribution in [0.15, 0.2) is 0 Å². The fourth-order valence-electron chi connectivity index (χ4n) is 4.29. The molecule has 106 valence electrons. The zero-order valence-corrected chi connectivity index (χ0v) is 12.0. The SMILES string of the molecule is COCCCC1(O)CCCCC1C1CCCCC1. The molecule has 0 radical (unpaired) electrons. The number of methoxy groups -OCH3 is 1. The summed E-state index contributed by atoms with van der Waals surface area (Å²) in [5, 5.41) is 11.1. The molecule has 0 bridgehead atoms. The van der Waals surface area contributed by atoms with E-state index in [0.717, 1.165) is 31.8 Å². The molecule has 2 rings (SSSR count). The Bertz CT molecular complexity index is 235. The Balaban J connectivity index is 1.94. The molecule has 2 nitrogen and oxygen atoms in total. The normalized spacial score (nSPS) is 34.7. The molecule has 0 aromatic heterocycles. The first-order valence-corrected chi connectivity index (χ1v) is 7.97. The minimum Gasteiger partial charge on any atom is -0.390 e. The third-order valence-corrected chi connectivity index (χ3v) is 5.24. The molecular formula is C16H30O2. The van der Waals surface area contributed by atoms with Crippen LogP contribution in [0.2, 0.25) is 0 Å². The molecule has 2 aliphatic carbocycles. The predicted molar refractivity (Wildman–Crippen MR) is 74.6 cm³/mol. The van der Waals surface area contributed by atoms with Crippen molar-refractivity contribution in [3.63, 3.8) is 0 Å². The van der Waals surface area contributed by atoms with Gasteiger partial charge in [0.25, 0.3) is 0 Å². The summed E-state index contributed by atoms with van der Waals surface area (Å²) in [6, 6.07) is 0. The molecule has 0 saturated heterocycles. The lowest BCUT2D eigenvalue weighted by molar-refractivity contribution is -0.0862. The molecule has 0 aromatic rings. The molecule has 2 heteroatoms. The zero-order valence-electron chi connectivity index (χ0n) is 12.0. The van der Waals surface area contributed by atoms with Crippen molar-refractivity contribution >= 4 is 0 Å². The molecule has 0 spiro atoms. The second kappa shape index (κ2) is 6.91. The first-order valence-electron chi connectivity index (χ1n) is 7.97. The van der Waals surface area contributed by atoms with Crippen LogP contribution in [0.4, 0.5) is 0 Å². The van der Waals surface area contributed by atoms with Gasteiger partial charge in [-0.3, -0.25) is 0 Å². The molecular weight excluding hydrogens is 224 g/mol. The molecule has 2 saturated carbocycles. The van der Waals surface area contributed by atoms with Gasteiger partial charge >= 0.3 is 0 Å². The summed E-state index contributed by atoms with van der Waals surface area (Å²) < 4.78 is 5.15. The van der Waals surface area contributed by atoms with Crippen molar-refractivity contribution in [3.05, 3.63) is 0 Å². The topological polar surface area (TPSA) is 29.5 Å². The maximum Gasteiger partial charge on any atom is 0.0679 e. The summed E-state index contributed by atoms with van der Waals surface area (Å²) in [4.78, 5) is 0. The first-order chi connectivity index (χ1) is 8.76. The van der Waals surface area contributed by atoms with Crippen molar-refractivity contribution < 1.29 is 9.84 Å². The quantitative estimate of drug-likeness (QED) is 0.754. The van der Waals surface area contributed by atoms with Gasteiger partial charge < -0.3 is 9.84 Å². The molecule has 0 aromatic carbocycles. The predicted octanol–water partition coefficient (Wildman–Crippen LogP) is 3.91. The fraction of sp³-hybridized carbons (Fsp3) is 1.00. The molecule has 2 fully saturated rings. The van der Waals surface area contributed by atoms with Crippen LogP contribution >= 0.6 is 0 Å². The second-order valence-corrected chi connectivity index (χ2v) is 6.45. The third-order valence-electron chi connectivity index (χ3n) is 5.24. The van der Waals surface area contributed by atoms with Gasteiger partial charge in [-0.25, -0.2) is 0 Å². The minimum absolute atomic E-state index is 0.376. The van der Waals surface area contributed by atoms with E-state index < -0.39 is 0 Å². The van der Waals surface area contributed by atoms with Crippen LogP contribution < -0.4 is 0 Å². The largest absolute Gasteiger partial charge is 0.390 e. The van der Waals surface area contributed by atoms with Crippen molar-refractivity contribution in [1.82, 2.24) is 0 Å². The van der Waals surface area contributed by atoms with Crippen LogP contribution in [0.3, 0.4) is 0 Å². The van der Waals surface area contributed by atoms with Gasteiger partial charge in [0.1, 0.15) is 0 Å². The number of ether oxygens (including phenoxy) is 1. The van der Waals surface area contributed by atoms with E-state index in [4.69, 9.17) is 4.74 Å².